The Balaban J connectivity index is 2.08. The number of rotatable bonds is 2. The molecule has 0 N–H and O–H groups in total. The Morgan fingerprint density at radius 3 is 3.05 bits per heavy atom. The molecule has 2 heterocycles. The second-order valence-corrected chi connectivity index (χ2v) is 5.05. The van der Waals surface area contributed by atoms with Gasteiger partial charge in [-0.15, -0.1) is 0 Å². The first-order chi connectivity index (χ1) is 9.27. The van der Waals surface area contributed by atoms with Crippen molar-refractivity contribution in [3.8, 4) is 0 Å². The summed E-state index contributed by atoms with van der Waals surface area (Å²) in [6.07, 6.45) is 11.9. The smallest absolute Gasteiger partial charge is 0.261 e. The molecule has 0 saturated carbocycles. The number of allylic oxidation sites excluding steroid dienone is 2. The van der Waals surface area contributed by atoms with E-state index in [2.05, 4.69) is 23.0 Å². The molecule has 4 heteroatoms. The van der Waals surface area contributed by atoms with E-state index in [0.717, 1.165) is 12.8 Å². The zero-order valence-corrected chi connectivity index (χ0v) is 11.0. The maximum absolute atomic E-state index is 12.5. The summed E-state index contributed by atoms with van der Waals surface area (Å²) >= 11 is 0. The van der Waals surface area contributed by atoms with Gasteiger partial charge < -0.3 is 0 Å². The molecule has 0 spiro atoms. The molecule has 1 aliphatic rings. The predicted molar refractivity (Wildman–Crippen MR) is 75.1 cm³/mol. The van der Waals surface area contributed by atoms with Crippen molar-refractivity contribution >= 4 is 10.9 Å². The molecule has 0 unspecified atom stereocenters. The lowest BCUT2D eigenvalue weighted by molar-refractivity contribution is 0.544. The van der Waals surface area contributed by atoms with Crippen LogP contribution in [0.5, 0.6) is 0 Å². The molecule has 2 aromatic rings. The van der Waals surface area contributed by atoms with E-state index in [-0.39, 0.29) is 11.6 Å². The summed E-state index contributed by atoms with van der Waals surface area (Å²) in [7, 11) is 0. The third-order valence-electron chi connectivity index (χ3n) is 3.87. The van der Waals surface area contributed by atoms with Crippen LogP contribution in [0.1, 0.15) is 38.6 Å². The van der Waals surface area contributed by atoms with Crippen molar-refractivity contribution in [1.82, 2.24) is 14.5 Å². The standard InChI is InChI=1S/C15H17N3O/c1-11(12-5-3-2-4-6-12)18-10-17-14-9-16-8-7-13(14)15(18)19/h5,7-11H,2-4,6H2,1H3/t11-/m0/s1. The van der Waals surface area contributed by atoms with Crippen LogP contribution >= 0.6 is 0 Å². The average Bonchev–Trinajstić information content (AvgIpc) is 2.48. The molecular weight excluding hydrogens is 238 g/mol. The number of aromatic nitrogens is 3. The minimum Gasteiger partial charge on any atom is -0.292 e. The first-order valence-electron chi connectivity index (χ1n) is 6.77. The van der Waals surface area contributed by atoms with Gasteiger partial charge in [0.25, 0.3) is 5.56 Å². The SMILES string of the molecule is C[C@@H](C1=CCCCC1)n1cnc2cnccc2c1=O. The van der Waals surface area contributed by atoms with Gasteiger partial charge >= 0.3 is 0 Å². The van der Waals surface area contributed by atoms with Crippen molar-refractivity contribution in [2.45, 2.75) is 38.6 Å². The van der Waals surface area contributed by atoms with Gasteiger partial charge in [0, 0.05) is 6.20 Å². The highest BCUT2D eigenvalue weighted by molar-refractivity contribution is 5.75. The molecule has 0 aliphatic heterocycles. The summed E-state index contributed by atoms with van der Waals surface area (Å²) in [5, 5.41) is 0.640. The molecule has 19 heavy (non-hydrogen) atoms. The van der Waals surface area contributed by atoms with Gasteiger partial charge in [-0.25, -0.2) is 4.98 Å². The third kappa shape index (κ3) is 2.18. The molecule has 0 aromatic carbocycles. The number of fused-ring (bicyclic) bond motifs is 1. The molecular formula is C15H17N3O. The van der Waals surface area contributed by atoms with Crippen LogP contribution in [-0.2, 0) is 0 Å². The molecule has 1 atom stereocenters. The number of hydrogen-bond donors (Lipinski definition) is 0. The number of nitrogens with zero attached hydrogens (tertiary/aromatic N) is 3. The Morgan fingerprint density at radius 1 is 1.37 bits per heavy atom. The predicted octanol–water partition coefficient (Wildman–Crippen LogP) is 2.85. The Labute approximate surface area is 111 Å². The van der Waals surface area contributed by atoms with Crippen molar-refractivity contribution < 1.29 is 0 Å². The van der Waals surface area contributed by atoms with Crippen LogP contribution in [0, 0.1) is 0 Å². The van der Waals surface area contributed by atoms with E-state index < -0.39 is 0 Å². The van der Waals surface area contributed by atoms with Crippen LogP contribution in [0.25, 0.3) is 10.9 Å². The Morgan fingerprint density at radius 2 is 2.26 bits per heavy atom. The van der Waals surface area contributed by atoms with Crippen LogP contribution in [0.2, 0.25) is 0 Å². The number of pyridine rings is 1. The summed E-state index contributed by atoms with van der Waals surface area (Å²) in [5.74, 6) is 0. The van der Waals surface area contributed by atoms with E-state index in [1.165, 1.54) is 18.4 Å². The summed E-state index contributed by atoms with van der Waals surface area (Å²) in [4.78, 5) is 20.8. The van der Waals surface area contributed by atoms with Crippen molar-refractivity contribution in [3.05, 3.63) is 46.8 Å². The second-order valence-electron chi connectivity index (χ2n) is 5.05. The van der Waals surface area contributed by atoms with Gasteiger partial charge in [-0.3, -0.25) is 14.3 Å². The molecule has 1 aliphatic carbocycles. The van der Waals surface area contributed by atoms with E-state index in [1.54, 1.807) is 29.4 Å². The monoisotopic (exact) mass is 255 g/mol. The van der Waals surface area contributed by atoms with E-state index in [1.807, 2.05) is 0 Å². The van der Waals surface area contributed by atoms with E-state index in [0.29, 0.717) is 10.9 Å². The van der Waals surface area contributed by atoms with Crippen molar-refractivity contribution in [2.24, 2.45) is 0 Å². The van der Waals surface area contributed by atoms with Crippen LogP contribution in [0.3, 0.4) is 0 Å². The summed E-state index contributed by atoms with van der Waals surface area (Å²) in [6, 6.07) is 1.83. The van der Waals surface area contributed by atoms with Gasteiger partial charge in [0.05, 0.1) is 29.5 Å². The van der Waals surface area contributed by atoms with Gasteiger partial charge in [0.15, 0.2) is 0 Å². The normalized spacial score (nSPS) is 17.2. The first kappa shape index (κ1) is 12.1. The third-order valence-corrected chi connectivity index (χ3v) is 3.87. The topological polar surface area (TPSA) is 47.8 Å². The summed E-state index contributed by atoms with van der Waals surface area (Å²) in [5.41, 5.74) is 2.03. The molecule has 0 bridgehead atoms. The minimum atomic E-state index is 0.0198. The first-order valence-corrected chi connectivity index (χ1v) is 6.77. The molecule has 0 amide bonds. The molecule has 98 valence electrons. The Hall–Kier alpha value is -1.97. The average molecular weight is 255 g/mol. The molecule has 0 fully saturated rings. The Kier molecular flexibility index (Phi) is 3.15. The van der Waals surface area contributed by atoms with E-state index >= 15 is 0 Å². The maximum Gasteiger partial charge on any atom is 0.261 e. The lowest BCUT2D eigenvalue weighted by Crippen LogP contribution is -2.25. The van der Waals surface area contributed by atoms with Crippen LogP contribution in [0.15, 0.2) is 41.2 Å². The summed E-state index contributed by atoms with van der Waals surface area (Å²) in [6.45, 7) is 2.08. The van der Waals surface area contributed by atoms with Crippen LogP contribution in [-0.4, -0.2) is 14.5 Å². The lowest BCUT2D eigenvalue weighted by atomic mass is 9.94. The Bertz CT molecular complexity index is 687. The lowest BCUT2D eigenvalue weighted by Gasteiger charge is -2.21. The van der Waals surface area contributed by atoms with Crippen molar-refractivity contribution in [1.29, 1.82) is 0 Å². The molecule has 0 radical (unpaired) electrons. The molecule has 3 rings (SSSR count). The van der Waals surface area contributed by atoms with E-state index in [4.69, 9.17) is 0 Å². The molecule has 2 aromatic heterocycles. The molecule has 4 nitrogen and oxygen atoms in total. The van der Waals surface area contributed by atoms with Gasteiger partial charge in [-0.2, -0.15) is 0 Å². The summed E-state index contributed by atoms with van der Waals surface area (Å²) < 4.78 is 1.74. The highest BCUT2D eigenvalue weighted by atomic mass is 16.1. The number of hydrogen-bond acceptors (Lipinski definition) is 3. The van der Waals surface area contributed by atoms with Gasteiger partial charge in [0.2, 0.25) is 0 Å². The molecule has 0 saturated heterocycles. The largest absolute Gasteiger partial charge is 0.292 e. The fourth-order valence-electron chi connectivity index (χ4n) is 2.68. The van der Waals surface area contributed by atoms with Gasteiger partial charge in [-0.05, 0) is 38.7 Å². The fraction of sp³-hybridized carbons (Fsp3) is 0.400. The minimum absolute atomic E-state index is 0.0198. The fourth-order valence-corrected chi connectivity index (χ4v) is 2.68. The highest BCUT2D eigenvalue weighted by Gasteiger charge is 2.15. The van der Waals surface area contributed by atoms with Crippen molar-refractivity contribution in [3.63, 3.8) is 0 Å². The second kappa shape index (κ2) is 4.96. The quantitative estimate of drug-likeness (QED) is 0.775. The van der Waals surface area contributed by atoms with Crippen LogP contribution in [0.4, 0.5) is 0 Å². The zero-order valence-electron chi connectivity index (χ0n) is 11.0. The van der Waals surface area contributed by atoms with E-state index in [9.17, 15) is 4.79 Å². The van der Waals surface area contributed by atoms with Gasteiger partial charge in [0.1, 0.15) is 0 Å². The van der Waals surface area contributed by atoms with Crippen molar-refractivity contribution in [2.75, 3.05) is 0 Å². The van der Waals surface area contributed by atoms with Crippen LogP contribution < -0.4 is 5.56 Å². The maximum atomic E-state index is 12.5. The zero-order chi connectivity index (χ0) is 13.2. The highest BCUT2D eigenvalue weighted by Crippen LogP contribution is 2.26. The van der Waals surface area contributed by atoms with Gasteiger partial charge in [-0.1, -0.05) is 11.6 Å².